The van der Waals surface area contributed by atoms with Gasteiger partial charge in [0.25, 0.3) is 0 Å². The molecule has 1 aliphatic carbocycles. The van der Waals surface area contributed by atoms with Gasteiger partial charge < -0.3 is 10.2 Å². The van der Waals surface area contributed by atoms with E-state index in [1.165, 1.54) is 12.7 Å². The topological polar surface area (TPSA) is 66.5 Å². The number of nitrogens with one attached hydrogen (secondary N) is 1. The summed E-state index contributed by atoms with van der Waals surface area (Å²) in [5.74, 6) is 0.772. The highest BCUT2D eigenvalue weighted by molar-refractivity contribution is 7.90. The first-order valence-electron chi connectivity index (χ1n) is 8.43. The van der Waals surface area contributed by atoms with Crippen molar-refractivity contribution < 1.29 is 13.2 Å². The lowest BCUT2D eigenvalue weighted by Gasteiger charge is -2.37. The van der Waals surface area contributed by atoms with Crippen LogP contribution in [0.5, 0.6) is 0 Å². The molecule has 128 valence electrons. The monoisotopic (exact) mass is 330 g/mol. The van der Waals surface area contributed by atoms with Crippen LogP contribution in [0.25, 0.3) is 0 Å². The fourth-order valence-electron chi connectivity index (χ4n) is 3.53. The predicted molar refractivity (Wildman–Crippen MR) is 88.6 cm³/mol. The molecule has 1 aliphatic heterocycles. The number of carbonyl (C=O) groups is 1. The van der Waals surface area contributed by atoms with Crippen LogP contribution in [0.2, 0.25) is 0 Å². The van der Waals surface area contributed by atoms with E-state index in [-0.39, 0.29) is 17.2 Å². The van der Waals surface area contributed by atoms with Crippen LogP contribution in [0.15, 0.2) is 0 Å². The molecular formula is C16H30N2O3S. The number of amides is 2. The van der Waals surface area contributed by atoms with Gasteiger partial charge in [0.15, 0.2) is 0 Å². The molecule has 0 bridgehead atoms. The second-order valence-electron chi connectivity index (χ2n) is 7.70. The van der Waals surface area contributed by atoms with Crippen molar-refractivity contribution in [1.82, 2.24) is 10.2 Å². The predicted octanol–water partition coefficient (Wildman–Crippen LogP) is 2.42. The highest BCUT2D eigenvalue weighted by Crippen LogP contribution is 2.46. The van der Waals surface area contributed by atoms with E-state index in [2.05, 4.69) is 19.2 Å². The largest absolute Gasteiger partial charge is 0.337 e. The van der Waals surface area contributed by atoms with Crippen LogP contribution in [0, 0.1) is 11.3 Å². The van der Waals surface area contributed by atoms with E-state index in [0.717, 1.165) is 38.6 Å². The number of carbonyl (C=O) groups excluding carboxylic acids is 1. The molecule has 1 saturated heterocycles. The lowest BCUT2D eigenvalue weighted by Crippen LogP contribution is -2.50. The Morgan fingerprint density at radius 1 is 1.32 bits per heavy atom. The standard InChI is InChI=1S/C16H30N2O3S/c1-13(2)10-14-6-4-5-9-18(14)15(19)17-11-16(7-8-16)12-22(3,20)21/h13-14H,4-12H2,1-3H3,(H,17,19). The van der Waals surface area contributed by atoms with Crippen molar-refractivity contribution >= 4 is 15.9 Å². The first-order chi connectivity index (χ1) is 10.2. The molecule has 22 heavy (non-hydrogen) atoms. The summed E-state index contributed by atoms with van der Waals surface area (Å²) in [4.78, 5) is 14.5. The highest BCUT2D eigenvalue weighted by Gasteiger charge is 2.45. The van der Waals surface area contributed by atoms with Crippen LogP contribution in [-0.4, -0.2) is 50.5 Å². The van der Waals surface area contributed by atoms with Gasteiger partial charge in [-0.2, -0.15) is 0 Å². The number of urea groups is 1. The minimum absolute atomic E-state index is 0.00914. The second kappa shape index (κ2) is 6.77. The van der Waals surface area contributed by atoms with Gasteiger partial charge in [-0.15, -0.1) is 0 Å². The Hall–Kier alpha value is -0.780. The van der Waals surface area contributed by atoms with E-state index in [0.29, 0.717) is 18.5 Å². The smallest absolute Gasteiger partial charge is 0.317 e. The molecule has 2 amide bonds. The van der Waals surface area contributed by atoms with E-state index in [9.17, 15) is 13.2 Å². The second-order valence-corrected chi connectivity index (χ2v) is 9.84. The van der Waals surface area contributed by atoms with Crippen molar-refractivity contribution in [2.75, 3.05) is 25.1 Å². The lowest BCUT2D eigenvalue weighted by atomic mass is 9.94. The van der Waals surface area contributed by atoms with Gasteiger partial charge in [0.2, 0.25) is 0 Å². The van der Waals surface area contributed by atoms with Crippen molar-refractivity contribution in [2.24, 2.45) is 11.3 Å². The van der Waals surface area contributed by atoms with Crippen molar-refractivity contribution in [3.63, 3.8) is 0 Å². The molecule has 1 heterocycles. The van der Waals surface area contributed by atoms with Crippen LogP contribution in [0.1, 0.15) is 52.4 Å². The third-order valence-electron chi connectivity index (χ3n) is 4.77. The number of likely N-dealkylation sites (tertiary alicyclic amines) is 1. The maximum absolute atomic E-state index is 12.5. The Morgan fingerprint density at radius 3 is 2.55 bits per heavy atom. The Bertz CT molecular complexity index is 498. The number of hydrogen-bond donors (Lipinski definition) is 1. The van der Waals surface area contributed by atoms with Crippen molar-refractivity contribution in [3.05, 3.63) is 0 Å². The van der Waals surface area contributed by atoms with Crippen molar-refractivity contribution in [2.45, 2.75) is 58.4 Å². The molecule has 2 aliphatic rings. The minimum Gasteiger partial charge on any atom is -0.337 e. The number of hydrogen-bond acceptors (Lipinski definition) is 3. The van der Waals surface area contributed by atoms with E-state index in [1.807, 2.05) is 4.90 Å². The average Bonchev–Trinajstić information content (AvgIpc) is 3.14. The van der Waals surface area contributed by atoms with Crippen molar-refractivity contribution in [3.8, 4) is 0 Å². The fraction of sp³-hybridized carbons (Fsp3) is 0.938. The van der Waals surface area contributed by atoms with E-state index < -0.39 is 9.84 Å². The van der Waals surface area contributed by atoms with Gasteiger partial charge in [0, 0.05) is 30.8 Å². The number of nitrogens with zero attached hydrogens (tertiary/aromatic N) is 1. The van der Waals surface area contributed by atoms with Gasteiger partial charge in [-0.1, -0.05) is 13.8 Å². The highest BCUT2D eigenvalue weighted by atomic mass is 32.2. The Kier molecular flexibility index (Phi) is 5.41. The molecule has 0 aromatic rings. The first kappa shape index (κ1) is 17.6. The molecule has 1 atom stereocenters. The molecule has 0 aromatic carbocycles. The summed E-state index contributed by atoms with van der Waals surface area (Å²) in [6.07, 6.45) is 7.46. The molecule has 1 unspecified atom stereocenters. The van der Waals surface area contributed by atoms with E-state index >= 15 is 0 Å². The summed E-state index contributed by atoms with van der Waals surface area (Å²) >= 11 is 0. The van der Waals surface area contributed by atoms with Gasteiger partial charge in [-0.25, -0.2) is 13.2 Å². The summed E-state index contributed by atoms with van der Waals surface area (Å²) in [6, 6.07) is 0.323. The molecule has 2 rings (SSSR count). The molecule has 0 spiro atoms. The quantitative estimate of drug-likeness (QED) is 0.813. The maximum atomic E-state index is 12.5. The molecule has 0 aromatic heterocycles. The Balaban J connectivity index is 1.88. The first-order valence-corrected chi connectivity index (χ1v) is 10.5. The molecular weight excluding hydrogens is 300 g/mol. The van der Waals surface area contributed by atoms with E-state index in [1.54, 1.807) is 0 Å². The number of sulfone groups is 1. The SMILES string of the molecule is CC(C)CC1CCCCN1C(=O)NCC1(CS(C)(=O)=O)CC1. The zero-order valence-electron chi connectivity index (χ0n) is 14.1. The number of piperidine rings is 1. The molecule has 0 radical (unpaired) electrons. The van der Waals surface area contributed by atoms with Crippen LogP contribution in [0.3, 0.4) is 0 Å². The summed E-state index contributed by atoms with van der Waals surface area (Å²) < 4.78 is 23.0. The summed E-state index contributed by atoms with van der Waals surface area (Å²) in [5.41, 5.74) is -0.202. The van der Waals surface area contributed by atoms with Gasteiger partial charge in [0.1, 0.15) is 9.84 Å². The zero-order chi connectivity index (χ0) is 16.4. The molecule has 1 saturated carbocycles. The number of rotatable bonds is 6. The van der Waals surface area contributed by atoms with Crippen LogP contribution >= 0.6 is 0 Å². The van der Waals surface area contributed by atoms with E-state index in [4.69, 9.17) is 0 Å². The van der Waals surface area contributed by atoms with Crippen molar-refractivity contribution in [1.29, 1.82) is 0 Å². The Morgan fingerprint density at radius 2 is 2.00 bits per heavy atom. The van der Waals surface area contributed by atoms with Gasteiger partial charge in [-0.05, 0) is 44.4 Å². The van der Waals surface area contributed by atoms with Crippen LogP contribution in [-0.2, 0) is 9.84 Å². The summed E-state index contributed by atoms with van der Waals surface area (Å²) in [6.45, 7) is 5.69. The molecule has 6 heteroatoms. The van der Waals surface area contributed by atoms with Gasteiger partial charge in [0.05, 0.1) is 5.75 Å². The van der Waals surface area contributed by atoms with Crippen LogP contribution < -0.4 is 5.32 Å². The van der Waals surface area contributed by atoms with Gasteiger partial charge >= 0.3 is 6.03 Å². The third kappa shape index (κ3) is 5.14. The molecule has 5 nitrogen and oxygen atoms in total. The van der Waals surface area contributed by atoms with Gasteiger partial charge in [-0.3, -0.25) is 0 Å². The maximum Gasteiger partial charge on any atom is 0.317 e. The third-order valence-corrected chi connectivity index (χ3v) is 5.91. The minimum atomic E-state index is -2.98. The summed E-state index contributed by atoms with van der Waals surface area (Å²) in [5, 5.41) is 3.00. The summed E-state index contributed by atoms with van der Waals surface area (Å²) in [7, 11) is -2.98. The zero-order valence-corrected chi connectivity index (χ0v) is 14.9. The average molecular weight is 330 g/mol. The Labute approximate surface area is 134 Å². The lowest BCUT2D eigenvalue weighted by molar-refractivity contribution is 0.138. The normalized spacial score (nSPS) is 24.4. The fourth-order valence-corrected chi connectivity index (χ4v) is 5.03. The molecule has 1 N–H and O–H groups in total. The van der Waals surface area contributed by atoms with Crippen LogP contribution in [0.4, 0.5) is 4.79 Å². The molecule has 2 fully saturated rings.